The Morgan fingerprint density at radius 3 is 2.50 bits per heavy atom. The zero-order chi connectivity index (χ0) is 14.5. The molecule has 1 atom stereocenters. The van der Waals surface area contributed by atoms with Crippen LogP contribution in [0.2, 0.25) is 0 Å². The zero-order valence-corrected chi connectivity index (χ0v) is 11.5. The lowest BCUT2D eigenvalue weighted by Gasteiger charge is -2.12. The molecule has 1 N–H and O–H groups in total. The van der Waals surface area contributed by atoms with E-state index in [2.05, 4.69) is 0 Å². The molecule has 1 aromatic heterocycles. The highest BCUT2D eigenvalue weighted by Gasteiger charge is 2.10. The van der Waals surface area contributed by atoms with E-state index in [0.29, 0.717) is 6.54 Å². The summed E-state index contributed by atoms with van der Waals surface area (Å²) in [6, 6.07) is 10.8. The molecule has 1 unspecified atom stereocenters. The van der Waals surface area contributed by atoms with Crippen molar-refractivity contribution in [3.8, 4) is 0 Å². The van der Waals surface area contributed by atoms with Crippen LogP contribution in [0.25, 0.3) is 0 Å². The van der Waals surface area contributed by atoms with Gasteiger partial charge in [0.2, 0.25) is 0 Å². The molecule has 0 saturated heterocycles. The summed E-state index contributed by atoms with van der Waals surface area (Å²) in [7, 11) is 0. The van der Waals surface area contributed by atoms with Crippen molar-refractivity contribution in [2.75, 3.05) is 5.88 Å². The summed E-state index contributed by atoms with van der Waals surface area (Å²) < 4.78 is 2.42. The van der Waals surface area contributed by atoms with Gasteiger partial charge in [0.05, 0.1) is 25.1 Å². The summed E-state index contributed by atoms with van der Waals surface area (Å²) in [5.74, 6) is -0.0283. The Labute approximate surface area is 120 Å². The van der Waals surface area contributed by atoms with E-state index in [4.69, 9.17) is 11.6 Å². The third-order valence-electron chi connectivity index (χ3n) is 2.91. The van der Waals surface area contributed by atoms with Crippen molar-refractivity contribution >= 4 is 11.6 Å². The predicted octanol–water partition coefficient (Wildman–Crippen LogP) is 0.658. The van der Waals surface area contributed by atoms with Crippen molar-refractivity contribution in [1.82, 2.24) is 9.13 Å². The Hall–Kier alpha value is -1.85. The molecule has 6 heteroatoms. The molecule has 0 aliphatic carbocycles. The lowest BCUT2D eigenvalue weighted by Crippen LogP contribution is -2.42. The molecule has 5 nitrogen and oxygen atoms in total. The average molecular weight is 295 g/mol. The predicted molar refractivity (Wildman–Crippen MR) is 77.2 cm³/mol. The number of nitrogens with zero attached hydrogens (tertiary/aromatic N) is 2. The number of aliphatic hydroxyl groups excluding tert-OH is 1. The number of hydrogen-bond donors (Lipinski definition) is 1. The van der Waals surface area contributed by atoms with Crippen LogP contribution >= 0.6 is 11.6 Å². The lowest BCUT2D eigenvalue weighted by molar-refractivity contribution is 0.172. The molecule has 1 heterocycles. The van der Waals surface area contributed by atoms with E-state index in [1.54, 1.807) is 0 Å². The van der Waals surface area contributed by atoms with Gasteiger partial charge in [-0.05, 0) is 5.56 Å². The normalized spacial score (nSPS) is 12.3. The van der Waals surface area contributed by atoms with Crippen LogP contribution in [-0.4, -0.2) is 26.2 Å². The topological polar surface area (TPSA) is 64.2 Å². The van der Waals surface area contributed by atoms with Gasteiger partial charge in [-0.15, -0.1) is 11.6 Å². The Morgan fingerprint density at radius 1 is 1.15 bits per heavy atom. The van der Waals surface area contributed by atoms with Crippen LogP contribution in [0.5, 0.6) is 0 Å². The fourth-order valence-corrected chi connectivity index (χ4v) is 1.98. The van der Waals surface area contributed by atoms with Crippen molar-refractivity contribution in [3.63, 3.8) is 0 Å². The highest BCUT2D eigenvalue weighted by Crippen LogP contribution is 1.99. The smallest absolute Gasteiger partial charge is 0.331 e. The Kier molecular flexibility index (Phi) is 4.76. The van der Waals surface area contributed by atoms with Gasteiger partial charge in [0.25, 0.3) is 5.56 Å². The van der Waals surface area contributed by atoms with E-state index in [0.717, 1.165) is 10.1 Å². The van der Waals surface area contributed by atoms with Crippen molar-refractivity contribution in [2.24, 2.45) is 0 Å². The molecular weight excluding hydrogens is 280 g/mol. The fraction of sp³-hybridized carbons (Fsp3) is 0.286. The third kappa shape index (κ3) is 3.37. The molecule has 0 saturated carbocycles. The van der Waals surface area contributed by atoms with Gasteiger partial charge < -0.3 is 5.11 Å². The van der Waals surface area contributed by atoms with Gasteiger partial charge >= 0.3 is 5.69 Å². The first-order chi connectivity index (χ1) is 9.61. The minimum Gasteiger partial charge on any atom is -0.390 e. The number of aromatic nitrogens is 2. The van der Waals surface area contributed by atoms with Crippen LogP contribution < -0.4 is 11.2 Å². The standard InChI is InChI=1S/C14H15ClN2O3/c15-8-12(18)10-17-13(19)6-7-16(14(17)20)9-11-4-2-1-3-5-11/h1-7,12,18H,8-10H2. The van der Waals surface area contributed by atoms with Gasteiger partial charge in [-0.2, -0.15) is 0 Å². The van der Waals surface area contributed by atoms with Crippen molar-refractivity contribution in [2.45, 2.75) is 19.2 Å². The van der Waals surface area contributed by atoms with Gasteiger partial charge in [0.15, 0.2) is 0 Å². The fourth-order valence-electron chi connectivity index (χ4n) is 1.88. The van der Waals surface area contributed by atoms with E-state index in [1.165, 1.54) is 16.8 Å². The molecule has 0 bridgehead atoms. The molecule has 0 aliphatic heterocycles. The number of aliphatic hydroxyl groups is 1. The number of halogens is 1. The lowest BCUT2D eigenvalue weighted by atomic mass is 10.2. The second-order valence-electron chi connectivity index (χ2n) is 4.47. The van der Waals surface area contributed by atoms with Crippen LogP contribution in [0.15, 0.2) is 52.2 Å². The van der Waals surface area contributed by atoms with Crippen LogP contribution in [0, 0.1) is 0 Å². The number of benzene rings is 1. The summed E-state index contributed by atoms with van der Waals surface area (Å²) in [4.78, 5) is 23.9. The maximum Gasteiger partial charge on any atom is 0.331 e. The van der Waals surface area contributed by atoms with Crippen LogP contribution in [0.4, 0.5) is 0 Å². The first-order valence-electron chi connectivity index (χ1n) is 6.20. The first kappa shape index (κ1) is 14.6. The highest BCUT2D eigenvalue weighted by atomic mass is 35.5. The molecule has 1 aromatic carbocycles. The van der Waals surface area contributed by atoms with Crippen LogP contribution in [0.3, 0.4) is 0 Å². The summed E-state index contributed by atoms with van der Waals surface area (Å²) in [6.07, 6.45) is 0.538. The molecule has 2 aromatic rings. The Balaban J connectivity index is 2.34. The minimum absolute atomic E-state index is 0.0283. The van der Waals surface area contributed by atoms with Gasteiger partial charge in [-0.25, -0.2) is 4.79 Å². The van der Waals surface area contributed by atoms with Crippen molar-refractivity contribution in [3.05, 3.63) is 69.0 Å². The van der Waals surface area contributed by atoms with E-state index < -0.39 is 17.4 Å². The number of hydrogen-bond acceptors (Lipinski definition) is 3. The van der Waals surface area contributed by atoms with Gasteiger partial charge in [-0.1, -0.05) is 30.3 Å². The Bertz CT molecular complexity index is 679. The molecule has 2 rings (SSSR count). The average Bonchev–Trinajstić information content (AvgIpc) is 2.47. The monoisotopic (exact) mass is 294 g/mol. The van der Waals surface area contributed by atoms with E-state index >= 15 is 0 Å². The van der Waals surface area contributed by atoms with Crippen molar-refractivity contribution < 1.29 is 5.11 Å². The third-order valence-corrected chi connectivity index (χ3v) is 3.26. The number of alkyl halides is 1. The van der Waals surface area contributed by atoms with E-state index in [-0.39, 0.29) is 12.4 Å². The summed E-state index contributed by atoms with van der Waals surface area (Å²) >= 11 is 5.50. The van der Waals surface area contributed by atoms with Gasteiger partial charge in [0, 0.05) is 12.3 Å². The first-order valence-corrected chi connectivity index (χ1v) is 6.73. The zero-order valence-electron chi connectivity index (χ0n) is 10.8. The maximum atomic E-state index is 12.2. The molecule has 0 amide bonds. The quantitative estimate of drug-likeness (QED) is 0.824. The van der Waals surface area contributed by atoms with Crippen LogP contribution in [0.1, 0.15) is 5.56 Å². The second kappa shape index (κ2) is 6.54. The maximum absolute atomic E-state index is 12.2. The molecular formula is C14H15ClN2O3. The van der Waals surface area contributed by atoms with Crippen molar-refractivity contribution in [1.29, 1.82) is 0 Å². The summed E-state index contributed by atoms with van der Waals surface area (Å²) in [5.41, 5.74) is 0.0617. The molecule has 106 valence electrons. The largest absolute Gasteiger partial charge is 0.390 e. The minimum atomic E-state index is -0.922. The molecule has 0 aliphatic rings. The second-order valence-corrected chi connectivity index (χ2v) is 4.78. The van der Waals surface area contributed by atoms with E-state index in [1.807, 2.05) is 30.3 Å². The summed E-state index contributed by atoms with van der Waals surface area (Å²) in [5, 5.41) is 9.50. The Morgan fingerprint density at radius 2 is 1.85 bits per heavy atom. The van der Waals surface area contributed by atoms with Crippen LogP contribution in [-0.2, 0) is 13.1 Å². The van der Waals surface area contributed by atoms with E-state index in [9.17, 15) is 14.7 Å². The molecule has 0 radical (unpaired) electrons. The molecule has 20 heavy (non-hydrogen) atoms. The molecule has 0 spiro atoms. The van der Waals surface area contributed by atoms with Gasteiger partial charge in [-0.3, -0.25) is 13.9 Å². The van der Waals surface area contributed by atoms with Gasteiger partial charge in [0.1, 0.15) is 0 Å². The molecule has 0 fully saturated rings. The summed E-state index contributed by atoms with van der Waals surface area (Å²) in [6.45, 7) is 0.272. The highest BCUT2D eigenvalue weighted by molar-refractivity contribution is 6.18. The SMILES string of the molecule is O=c1ccn(Cc2ccccc2)c(=O)n1CC(O)CCl. The number of rotatable bonds is 5.